The molecular weight excluding hydrogens is 378 g/mol. The number of carbonyl (C=O) groups is 2. The lowest BCUT2D eigenvalue weighted by molar-refractivity contribution is -0.152. The average molecular weight is 398 g/mol. The Morgan fingerprint density at radius 1 is 1.21 bits per heavy atom. The largest absolute Gasteiger partial charge is 0.508 e. The Balaban J connectivity index is 1.77. The number of hydrogen-bond donors (Lipinski definition) is 1. The van der Waals surface area contributed by atoms with Gasteiger partial charge < -0.3 is 9.84 Å². The molecule has 1 aromatic heterocycles. The van der Waals surface area contributed by atoms with E-state index >= 15 is 0 Å². The number of benzene rings is 2. The van der Waals surface area contributed by atoms with Gasteiger partial charge in [-0.15, -0.1) is 0 Å². The lowest BCUT2D eigenvalue weighted by atomic mass is 9.96. The first-order chi connectivity index (χ1) is 13.4. The van der Waals surface area contributed by atoms with Gasteiger partial charge in [0.25, 0.3) is 5.91 Å². The van der Waals surface area contributed by atoms with Crippen molar-refractivity contribution in [2.75, 3.05) is 0 Å². The molecule has 1 saturated carbocycles. The number of carbonyl (C=O) groups excluding carboxylic acids is 2. The van der Waals surface area contributed by atoms with E-state index in [4.69, 9.17) is 16.3 Å². The molecule has 1 N–H and O–H groups in total. The van der Waals surface area contributed by atoms with E-state index in [1.165, 1.54) is 6.07 Å². The van der Waals surface area contributed by atoms with Gasteiger partial charge >= 0.3 is 5.97 Å². The smallest absolute Gasteiger partial charge is 0.310 e. The second-order valence-electron chi connectivity index (χ2n) is 7.14. The molecule has 0 bridgehead atoms. The van der Waals surface area contributed by atoms with Gasteiger partial charge in [0, 0.05) is 21.7 Å². The third-order valence-electron chi connectivity index (χ3n) is 5.26. The maximum atomic E-state index is 13.2. The molecule has 0 radical (unpaired) electrons. The number of halogens is 1. The van der Waals surface area contributed by atoms with Crippen LogP contribution in [0.3, 0.4) is 0 Å². The number of ether oxygens (including phenoxy) is 1. The summed E-state index contributed by atoms with van der Waals surface area (Å²) in [6, 6.07) is 11.5. The fourth-order valence-corrected chi connectivity index (χ4v) is 3.76. The minimum atomic E-state index is -0.314. The Hall–Kier alpha value is -2.79. The molecule has 0 amide bonds. The zero-order valence-electron chi connectivity index (χ0n) is 15.4. The highest BCUT2D eigenvalue weighted by molar-refractivity contribution is 6.31. The second-order valence-corrected chi connectivity index (χ2v) is 7.57. The summed E-state index contributed by atoms with van der Waals surface area (Å²) in [5.74, 6) is -0.479. The Kier molecular flexibility index (Phi) is 4.85. The molecule has 0 spiro atoms. The summed E-state index contributed by atoms with van der Waals surface area (Å²) in [6.07, 6.45) is 2.94. The molecule has 6 heteroatoms. The predicted molar refractivity (Wildman–Crippen MR) is 107 cm³/mol. The average Bonchev–Trinajstić information content (AvgIpc) is 2.89. The normalized spacial score (nSPS) is 14.1. The zero-order chi connectivity index (χ0) is 19.8. The SMILES string of the molecule is Cc1c(CC(=O)OC2CCC2)c2cc(O)ccc2n1C(=O)c1cccc(Cl)c1. The van der Waals surface area contributed by atoms with Crippen LogP contribution in [0.1, 0.15) is 40.9 Å². The van der Waals surface area contributed by atoms with Crippen LogP contribution in [0.5, 0.6) is 5.75 Å². The van der Waals surface area contributed by atoms with Crippen LogP contribution in [0, 0.1) is 6.92 Å². The van der Waals surface area contributed by atoms with Gasteiger partial charge in [0.1, 0.15) is 11.9 Å². The van der Waals surface area contributed by atoms with Gasteiger partial charge in [-0.3, -0.25) is 14.2 Å². The molecule has 1 aliphatic carbocycles. The molecular formula is C22H20ClNO4. The highest BCUT2D eigenvalue weighted by atomic mass is 35.5. The predicted octanol–water partition coefficient (Wildman–Crippen LogP) is 4.64. The number of phenolic OH excluding ortho intramolecular Hbond substituents is 1. The maximum Gasteiger partial charge on any atom is 0.310 e. The van der Waals surface area contributed by atoms with Crippen LogP contribution in [0.4, 0.5) is 0 Å². The van der Waals surface area contributed by atoms with E-state index in [9.17, 15) is 14.7 Å². The van der Waals surface area contributed by atoms with Gasteiger partial charge in [0.2, 0.25) is 0 Å². The fraction of sp³-hybridized carbons (Fsp3) is 0.273. The molecule has 1 aliphatic rings. The molecule has 28 heavy (non-hydrogen) atoms. The van der Waals surface area contributed by atoms with E-state index < -0.39 is 0 Å². The first kappa shape index (κ1) is 18.6. The van der Waals surface area contributed by atoms with E-state index in [1.807, 2.05) is 0 Å². The number of nitrogens with zero attached hydrogens (tertiary/aromatic N) is 1. The molecule has 5 nitrogen and oxygen atoms in total. The fourth-order valence-electron chi connectivity index (χ4n) is 3.57. The molecule has 0 aliphatic heterocycles. The summed E-state index contributed by atoms with van der Waals surface area (Å²) in [6.45, 7) is 1.80. The van der Waals surface area contributed by atoms with Crippen LogP contribution in [-0.4, -0.2) is 27.7 Å². The molecule has 0 atom stereocenters. The summed E-state index contributed by atoms with van der Waals surface area (Å²) < 4.78 is 7.04. The van der Waals surface area contributed by atoms with Gasteiger partial charge in [-0.1, -0.05) is 17.7 Å². The van der Waals surface area contributed by atoms with Crippen LogP contribution in [0.2, 0.25) is 5.02 Å². The van der Waals surface area contributed by atoms with Crippen molar-refractivity contribution in [1.29, 1.82) is 0 Å². The number of aromatic hydroxyl groups is 1. The second kappa shape index (κ2) is 7.32. The molecule has 4 rings (SSSR count). The van der Waals surface area contributed by atoms with Crippen molar-refractivity contribution < 1.29 is 19.4 Å². The molecule has 1 fully saturated rings. The van der Waals surface area contributed by atoms with Crippen molar-refractivity contribution in [3.63, 3.8) is 0 Å². The minimum Gasteiger partial charge on any atom is -0.508 e. The summed E-state index contributed by atoms with van der Waals surface area (Å²) in [7, 11) is 0. The minimum absolute atomic E-state index is 0.00245. The van der Waals surface area contributed by atoms with Gasteiger partial charge in [-0.05, 0) is 68.1 Å². The van der Waals surface area contributed by atoms with E-state index in [0.717, 1.165) is 19.3 Å². The lowest BCUT2D eigenvalue weighted by Crippen LogP contribution is -2.26. The van der Waals surface area contributed by atoms with E-state index in [-0.39, 0.29) is 30.2 Å². The number of rotatable bonds is 4. The van der Waals surface area contributed by atoms with E-state index in [2.05, 4.69) is 0 Å². The number of hydrogen-bond acceptors (Lipinski definition) is 4. The summed E-state index contributed by atoms with van der Waals surface area (Å²) >= 11 is 6.04. The summed E-state index contributed by atoms with van der Waals surface area (Å²) in [4.78, 5) is 25.6. The maximum absolute atomic E-state index is 13.2. The standard InChI is InChI=1S/C22H20ClNO4/c1-13-18(12-21(26)28-17-6-3-7-17)19-11-16(25)8-9-20(19)24(13)22(27)14-4-2-5-15(23)10-14/h2,4-5,8-11,17,25H,3,6-7,12H2,1H3. The zero-order valence-corrected chi connectivity index (χ0v) is 16.2. The molecule has 2 aromatic carbocycles. The first-order valence-corrected chi connectivity index (χ1v) is 9.64. The van der Waals surface area contributed by atoms with Crippen LogP contribution in [0.25, 0.3) is 10.9 Å². The van der Waals surface area contributed by atoms with Crippen molar-refractivity contribution in [2.45, 2.75) is 38.7 Å². The van der Waals surface area contributed by atoms with Crippen molar-refractivity contribution >= 4 is 34.4 Å². The van der Waals surface area contributed by atoms with Gasteiger partial charge in [-0.25, -0.2) is 0 Å². The van der Waals surface area contributed by atoms with Crippen LogP contribution < -0.4 is 0 Å². The number of aromatic nitrogens is 1. The van der Waals surface area contributed by atoms with Crippen LogP contribution in [-0.2, 0) is 16.0 Å². The van der Waals surface area contributed by atoms with Crippen molar-refractivity contribution in [3.05, 3.63) is 64.3 Å². The molecule has 0 unspecified atom stereocenters. The van der Waals surface area contributed by atoms with Crippen molar-refractivity contribution in [3.8, 4) is 5.75 Å². The highest BCUT2D eigenvalue weighted by Crippen LogP contribution is 2.31. The Labute approximate surface area is 167 Å². The Morgan fingerprint density at radius 3 is 2.68 bits per heavy atom. The lowest BCUT2D eigenvalue weighted by Gasteiger charge is -2.25. The molecule has 144 valence electrons. The quantitative estimate of drug-likeness (QED) is 0.651. The third-order valence-corrected chi connectivity index (χ3v) is 5.50. The first-order valence-electron chi connectivity index (χ1n) is 9.26. The molecule has 1 heterocycles. The summed E-state index contributed by atoms with van der Waals surface area (Å²) in [5.41, 5.74) is 2.41. The van der Waals surface area contributed by atoms with Crippen LogP contribution >= 0.6 is 11.6 Å². The van der Waals surface area contributed by atoms with Gasteiger partial charge in [-0.2, -0.15) is 0 Å². The van der Waals surface area contributed by atoms with Gasteiger partial charge in [0.05, 0.1) is 11.9 Å². The molecule has 0 saturated heterocycles. The van der Waals surface area contributed by atoms with Crippen molar-refractivity contribution in [2.24, 2.45) is 0 Å². The summed E-state index contributed by atoms with van der Waals surface area (Å²) in [5, 5.41) is 11.1. The van der Waals surface area contributed by atoms with E-state index in [0.29, 0.717) is 32.7 Å². The number of esters is 1. The Bertz CT molecular complexity index is 1080. The van der Waals surface area contributed by atoms with E-state index in [1.54, 1.807) is 47.9 Å². The Morgan fingerprint density at radius 2 is 2.00 bits per heavy atom. The third kappa shape index (κ3) is 3.38. The highest BCUT2D eigenvalue weighted by Gasteiger charge is 2.25. The van der Waals surface area contributed by atoms with Gasteiger partial charge in [0.15, 0.2) is 0 Å². The number of fused-ring (bicyclic) bond motifs is 1. The molecule has 3 aromatic rings. The monoisotopic (exact) mass is 397 g/mol. The van der Waals surface area contributed by atoms with Crippen LogP contribution in [0.15, 0.2) is 42.5 Å². The number of phenols is 1. The topological polar surface area (TPSA) is 68.5 Å². The van der Waals surface area contributed by atoms with Crippen molar-refractivity contribution in [1.82, 2.24) is 4.57 Å².